The number of benzene rings is 2. The number of rotatable bonds is 12. The van der Waals surface area contributed by atoms with Crippen molar-refractivity contribution in [1.29, 1.82) is 0 Å². The Morgan fingerprint density at radius 3 is 2.43 bits per heavy atom. The number of piperazine rings is 1. The Balaban J connectivity index is 1.38. The highest BCUT2D eigenvalue weighted by atomic mass is 79.9. The molecule has 2 aliphatic heterocycles. The number of nitrogens with zero attached hydrogens (tertiary/aromatic N) is 5. The molecule has 2 saturated heterocycles. The van der Waals surface area contributed by atoms with Gasteiger partial charge in [-0.1, -0.05) is 6.07 Å². The average Bonchev–Trinajstić information content (AvgIpc) is 3.03. The predicted molar refractivity (Wildman–Crippen MR) is 185 cm³/mol. The van der Waals surface area contributed by atoms with Crippen molar-refractivity contribution in [2.75, 3.05) is 82.7 Å². The summed E-state index contributed by atoms with van der Waals surface area (Å²) in [7, 11) is 5.61. The second-order valence-electron chi connectivity index (χ2n) is 12.7. The van der Waals surface area contributed by atoms with Gasteiger partial charge in [-0.2, -0.15) is 4.98 Å². The van der Waals surface area contributed by atoms with Crippen molar-refractivity contribution in [3.63, 3.8) is 0 Å². The molecule has 2 aromatic carbocycles. The van der Waals surface area contributed by atoms with Crippen LogP contribution in [0.2, 0.25) is 0 Å². The molecule has 0 atom stereocenters. The minimum atomic E-state index is -1.19. The van der Waals surface area contributed by atoms with E-state index < -0.39 is 11.4 Å². The lowest BCUT2D eigenvalue weighted by Gasteiger charge is -2.43. The normalized spacial score (nSPS) is 16.9. The van der Waals surface area contributed by atoms with Crippen molar-refractivity contribution in [1.82, 2.24) is 19.8 Å². The lowest BCUT2D eigenvalue weighted by Crippen LogP contribution is -2.52. The van der Waals surface area contributed by atoms with Gasteiger partial charge in [0.25, 0.3) is 0 Å². The quantitative estimate of drug-likeness (QED) is 0.198. The highest BCUT2D eigenvalue weighted by Gasteiger charge is 2.28. The lowest BCUT2D eigenvalue weighted by molar-refractivity contribution is 0.0793. The summed E-state index contributed by atoms with van der Waals surface area (Å²) in [6.45, 7) is 10.6. The van der Waals surface area contributed by atoms with Crippen molar-refractivity contribution >= 4 is 44.8 Å². The number of piperidine rings is 1. The number of anilines is 5. The number of nitrogens with one attached hydrogen (secondary N) is 2. The van der Waals surface area contributed by atoms with Crippen molar-refractivity contribution in [3.05, 3.63) is 57.9 Å². The van der Waals surface area contributed by atoms with Crippen LogP contribution in [0.1, 0.15) is 44.2 Å². The van der Waals surface area contributed by atoms with Crippen LogP contribution in [0.4, 0.5) is 33.2 Å². The van der Waals surface area contributed by atoms with E-state index in [9.17, 15) is 9.50 Å². The van der Waals surface area contributed by atoms with E-state index in [4.69, 9.17) is 9.47 Å². The number of likely N-dealkylation sites (N-methyl/N-ethyl adjacent to an activating group) is 1. The first-order valence-corrected chi connectivity index (χ1v) is 16.8. The smallest absolute Gasteiger partial charge is 0.229 e. The third-order valence-electron chi connectivity index (χ3n) is 8.94. The molecule has 0 radical (unpaired) electrons. The molecule has 0 spiro atoms. The summed E-state index contributed by atoms with van der Waals surface area (Å²) in [4.78, 5) is 16.8. The molecular weight excluding hydrogens is 653 g/mol. The molecule has 250 valence electrons. The van der Waals surface area contributed by atoms with E-state index in [2.05, 4.69) is 70.4 Å². The van der Waals surface area contributed by atoms with Gasteiger partial charge < -0.3 is 35.0 Å². The van der Waals surface area contributed by atoms with E-state index in [0.29, 0.717) is 45.9 Å². The molecule has 10 nitrogen and oxygen atoms in total. The summed E-state index contributed by atoms with van der Waals surface area (Å²) >= 11 is 3.51. The van der Waals surface area contributed by atoms with Gasteiger partial charge in [0.1, 0.15) is 17.4 Å². The molecule has 5 rings (SSSR count). The van der Waals surface area contributed by atoms with E-state index in [0.717, 1.165) is 70.6 Å². The topological polar surface area (TPSA) is 98.2 Å². The molecule has 0 bridgehead atoms. The maximum atomic E-state index is 14.2. The van der Waals surface area contributed by atoms with Crippen LogP contribution in [0, 0.1) is 5.82 Å². The van der Waals surface area contributed by atoms with Gasteiger partial charge in [0.2, 0.25) is 5.95 Å². The summed E-state index contributed by atoms with van der Waals surface area (Å²) in [6.07, 6.45) is 5.67. The Bertz CT molecular complexity index is 1470. The van der Waals surface area contributed by atoms with Crippen molar-refractivity contribution in [2.45, 2.75) is 51.2 Å². The molecular formula is C34H47BrFN7O3. The summed E-state index contributed by atoms with van der Waals surface area (Å²) in [6, 6.07) is 9.13. The Morgan fingerprint density at radius 2 is 1.76 bits per heavy atom. The maximum Gasteiger partial charge on any atom is 0.229 e. The monoisotopic (exact) mass is 699 g/mol. The van der Waals surface area contributed by atoms with Crippen LogP contribution in [0.15, 0.2) is 41.0 Å². The van der Waals surface area contributed by atoms with E-state index in [1.165, 1.54) is 23.4 Å². The van der Waals surface area contributed by atoms with E-state index >= 15 is 0 Å². The first-order valence-electron chi connectivity index (χ1n) is 16.0. The van der Waals surface area contributed by atoms with Gasteiger partial charge >= 0.3 is 0 Å². The lowest BCUT2D eigenvalue weighted by atomic mass is 9.96. The zero-order valence-corrected chi connectivity index (χ0v) is 29.2. The molecule has 3 aromatic rings. The van der Waals surface area contributed by atoms with Crippen LogP contribution in [0.5, 0.6) is 5.75 Å². The first kappa shape index (κ1) is 34.3. The highest BCUT2D eigenvalue weighted by Crippen LogP contribution is 2.38. The summed E-state index contributed by atoms with van der Waals surface area (Å²) in [5.74, 6) is 1.04. The molecule has 2 fully saturated rings. The van der Waals surface area contributed by atoms with Crippen LogP contribution >= 0.6 is 15.9 Å². The molecule has 3 N–H and O–H groups in total. The zero-order chi connectivity index (χ0) is 32.8. The van der Waals surface area contributed by atoms with Crippen LogP contribution in [0.3, 0.4) is 0 Å². The molecule has 46 heavy (non-hydrogen) atoms. The fourth-order valence-electron chi connectivity index (χ4n) is 6.36. The summed E-state index contributed by atoms with van der Waals surface area (Å²) in [5.41, 5.74) is 2.92. The minimum Gasteiger partial charge on any atom is -0.494 e. The van der Waals surface area contributed by atoms with Gasteiger partial charge in [-0.25, -0.2) is 9.37 Å². The van der Waals surface area contributed by atoms with Crippen molar-refractivity contribution in [3.8, 4) is 5.75 Å². The number of hydrogen-bond acceptors (Lipinski definition) is 10. The molecule has 2 aliphatic rings. The van der Waals surface area contributed by atoms with E-state index in [1.54, 1.807) is 40.3 Å². The second kappa shape index (κ2) is 15.2. The highest BCUT2D eigenvalue weighted by molar-refractivity contribution is 9.10. The second-order valence-corrected chi connectivity index (χ2v) is 13.6. The number of hydrogen-bond donors (Lipinski definition) is 3. The van der Waals surface area contributed by atoms with Gasteiger partial charge in [0.15, 0.2) is 0 Å². The zero-order valence-electron chi connectivity index (χ0n) is 27.6. The number of halogens is 2. The predicted octanol–water partition coefficient (Wildman–Crippen LogP) is 5.90. The average molecular weight is 701 g/mol. The molecule has 0 aliphatic carbocycles. The molecule has 0 unspecified atom stereocenters. The van der Waals surface area contributed by atoms with Gasteiger partial charge in [-0.3, -0.25) is 4.90 Å². The van der Waals surface area contributed by atoms with Crippen molar-refractivity contribution < 1.29 is 19.0 Å². The van der Waals surface area contributed by atoms with Crippen LogP contribution in [-0.2, 0) is 16.8 Å². The Labute approximate surface area is 280 Å². The third-order valence-corrected chi connectivity index (χ3v) is 9.52. The summed E-state index contributed by atoms with van der Waals surface area (Å²) < 4.78 is 26.1. The number of methoxy groups -OCH3 is 2. The minimum absolute atomic E-state index is 0.341. The Morgan fingerprint density at radius 1 is 1.02 bits per heavy atom. The Kier molecular flexibility index (Phi) is 11.4. The largest absolute Gasteiger partial charge is 0.494 e. The SMILES string of the molecule is COCCCc1cc(Nc2ncc(Br)c(Nc3cc(F)ccc3C(C)(C)O)n2)c(OC)cc1N1CCC(N2CCN(C)CC2)CC1. The maximum absolute atomic E-state index is 14.2. The van der Waals surface area contributed by atoms with E-state index in [-0.39, 0.29) is 0 Å². The van der Waals surface area contributed by atoms with Crippen LogP contribution < -0.4 is 20.3 Å². The first-order chi connectivity index (χ1) is 22.0. The number of aliphatic hydroxyl groups is 1. The molecule has 0 amide bonds. The summed E-state index contributed by atoms with van der Waals surface area (Å²) in [5, 5.41) is 17.2. The van der Waals surface area contributed by atoms with Gasteiger partial charge in [-0.05, 0) is 86.3 Å². The standard InChI is InChI=1S/C34H47BrFN7O3/c1-34(2,44)26-9-8-24(36)20-28(26)38-32-27(35)22-37-33(40-32)39-29-19-23(7-6-18-45-4)30(21-31(29)46-5)43-12-10-25(11-13-43)42-16-14-41(3)15-17-42/h8-9,19-22,25,44H,6-7,10-18H2,1-5H3,(H2,37,38,39,40). The van der Waals surface area contributed by atoms with Crippen molar-refractivity contribution in [2.24, 2.45) is 0 Å². The van der Waals surface area contributed by atoms with Crippen LogP contribution in [0.25, 0.3) is 0 Å². The molecule has 3 heterocycles. The molecule has 12 heteroatoms. The molecule has 0 saturated carbocycles. The Hall–Kier alpha value is -3.03. The van der Waals surface area contributed by atoms with Gasteiger partial charge in [0.05, 0.1) is 22.9 Å². The fourth-order valence-corrected chi connectivity index (χ4v) is 6.65. The fraction of sp³-hybridized carbons (Fsp3) is 0.529. The molecule has 1 aromatic heterocycles. The number of aromatic nitrogens is 2. The van der Waals surface area contributed by atoms with Crippen LogP contribution in [-0.4, -0.2) is 98.1 Å². The number of aryl methyl sites for hydroxylation is 1. The number of ether oxygens (including phenoxy) is 2. The van der Waals surface area contributed by atoms with Gasteiger partial charge in [-0.15, -0.1) is 0 Å². The van der Waals surface area contributed by atoms with Gasteiger partial charge in [0, 0.05) is 88.2 Å². The van der Waals surface area contributed by atoms with E-state index in [1.807, 2.05) is 0 Å². The third kappa shape index (κ3) is 8.46.